The lowest BCUT2D eigenvalue weighted by Gasteiger charge is -2.18. The number of esters is 3. The zero-order chi connectivity index (χ0) is 46.5. The number of ether oxygens (including phenoxy) is 3. The number of hydrogen-bond acceptors (Lipinski definition) is 6. The molecule has 0 saturated heterocycles. The minimum absolute atomic E-state index is 0.0979. The van der Waals surface area contributed by atoms with Gasteiger partial charge in [0.05, 0.1) is 0 Å². The van der Waals surface area contributed by atoms with Gasteiger partial charge in [0.2, 0.25) is 0 Å². The van der Waals surface area contributed by atoms with Gasteiger partial charge in [0.1, 0.15) is 13.2 Å². The maximum Gasteiger partial charge on any atom is 0.306 e. The molecule has 0 aromatic heterocycles. The Balaban J connectivity index is 4.48. The van der Waals surface area contributed by atoms with Gasteiger partial charge in [-0.05, 0) is 116 Å². The highest BCUT2D eigenvalue weighted by Gasteiger charge is 2.19. The van der Waals surface area contributed by atoms with Crippen LogP contribution < -0.4 is 0 Å². The molecule has 0 aromatic carbocycles. The summed E-state index contributed by atoms with van der Waals surface area (Å²) in [6.07, 6.45) is 68.1. The van der Waals surface area contributed by atoms with Crippen molar-refractivity contribution >= 4 is 17.9 Å². The molecule has 1 atom stereocenters. The molecular weight excluding hydrogens is 793 g/mol. The maximum atomic E-state index is 12.8. The molecule has 0 aliphatic heterocycles. The third-order valence-corrected chi connectivity index (χ3v) is 10.8. The van der Waals surface area contributed by atoms with Crippen LogP contribution in [0.2, 0.25) is 0 Å². The van der Waals surface area contributed by atoms with Crippen molar-refractivity contribution in [3.63, 3.8) is 0 Å². The van der Waals surface area contributed by atoms with Crippen LogP contribution in [0.5, 0.6) is 0 Å². The lowest BCUT2D eigenvalue weighted by molar-refractivity contribution is -0.167. The highest BCUT2D eigenvalue weighted by atomic mass is 16.6. The van der Waals surface area contributed by atoms with Crippen molar-refractivity contribution in [2.24, 2.45) is 0 Å². The molecule has 6 nitrogen and oxygen atoms in total. The fraction of sp³-hybridized carbons (Fsp3) is 0.672. The zero-order valence-corrected chi connectivity index (χ0v) is 41.5. The lowest BCUT2D eigenvalue weighted by atomic mass is 10.1. The third kappa shape index (κ3) is 49.3. The molecule has 1 unspecified atom stereocenters. The number of rotatable bonds is 46. The molecule has 0 aliphatic carbocycles. The fourth-order valence-corrected chi connectivity index (χ4v) is 6.91. The molecule has 6 heteroatoms. The van der Waals surface area contributed by atoms with Crippen LogP contribution >= 0.6 is 0 Å². The average molecular weight is 889 g/mol. The Morgan fingerprint density at radius 2 is 0.609 bits per heavy atom. The summed E-state index contributed by atoms with van der Waals surface area (Å²) in [6.45, 7) is 6.35. The van der Waals surface area contributed by atoms with Crippen LogP contribution in [0.4, 0.5) is 0 Å². The number of hydrogen-bond donors (Lipinski definition) is 0. The highest BCUT2D eigenvalue weighted by Crippen LogP contribution is 2.13. The van der Waals surface area contributed by atoms with Crippen LogP contribution in [0.15, 0.2) is 97.2 Å². The maximum absolute atomic E-state index is 12.8. The van der Waals surface area contributed by atoms with E-state index in [-0.39, 0.29) is 31.1 Å². The van der Waals surface area contributed by atoms with Gasteiger partial charge in [-0.25, -0.2) is 0 Å². The predicted octanol–water partition coefficient (Wildman–Crippen LogP) is 17.4. The minimum Gasteiger partial charge on any atom is -0.462 e. The van der Waals surface area contributed by atoms with Gasteiger partial charge in [0.25, 0.3) is 0 Å². The average Bonchev–Trinajstić information content (AvgIpc) is 3.29. The molecule has 64 heavy (non-hydrogen) atoms. The Kier molecular flexibility index (Phi) is 49.0. The van der Waals surface area contributed by atoms with E-state index in [1.165, 1.54) is 51.4 Å². The highest BCUT2D eigenvalue weighted by molar-refractivity contribution is 5.71. The van der Waals surface area contributed by atoms with Crippen LogP contribution in [-0.4, -0.2) is 37.2 Å². The summed E-state index contributed by atoms with van der Waals surface area (Å²) in [6, 6.07) is 0. The Morgan fingerprint density at radius 1 is 0.328 bits per heavy atom. The number of carbonyl (C=O) groups excluding carboxylic acids is 3. The van der Waals surface area contributed by atoms with Crippen LogP contribution in [0.3, 0.4) is 0 Å². The van der Waals surface area contributed by atoms with Crippen molar-refractivity contribution in [3.05, 3.63) is 97.2 Å². The largest absolute Gasteiger partial charge is 0.462 e. The first-order chi connectivity index (χ1) is 31.5. The summed E-state index contributed by atoms with van der Waals surface area (Å²) in [5.41, 5.74) is 0. The van der Waals surface area contributed by atoms with Gasteiger partial charge < -0.3 is 14.2 Å². The second-order valence-electron chi connectivity index (χ2n) is 17.0. The Bertz CT molecular complexity index is 1300. The monoisotopic (exact) mass is 889 g/mol. The first-order valence-electron chi connectivity index (χ1n) is 26.2. The Morgan fingerprint density at radius 3 is 0.969 bits per heavy atom. The molecule has 0 N–H and O–H groups in total. The van der Waals surface area contributed by atoms with Gasteiger partial charge in [-0.15, -0.1) is 0 Å². The van der Waals surface area contributed by atoms with E-state index in [2.05, 4.69) is 118 Å². The second kappa shape index (κ2) is 52.0. The molecule has 0 rings (SSSR count). The van der Waals surface area contributed by atoms with Crippen LogP contribution in [0, 0.1) is 0 Å². The quantitative estimate of drug-likeness (QED) is 0.0262. The summed E-state index contributed by atoms with van der Waals surface area (Å²) in [7, 11) is 0. The molecule has 0 aromatic rings. The van der Waals surface area contributed by atoms with Crippen molar-refractivity contribution in [2.45, 2.75) is 239 Å². The van der Waals surface area contributed by atoms with Crippen LogP contribution in [0.1, 0.15) is 233 Å². The van der Waals surface area contributed by atoms with E-state index in [0.29, 0.717) is 19.3 Å². The topological polar surface area (TPSA) is 78.9 Å². The third-order valence-electron chi connectivity index (χ3n) is 10.8. The second-order valence-corrected chi connectivity index (χ2v) is 17.0. The van der Waals surface area contributed by atoms with E-state index < -0.39 is 6.10 Å². The molecule has 0 bridgehead atoms. The van der Waals surface area contributed by atoms with E-state index >= 15 is 0 Å². The van der Waals surface area contributed by atoms with Gasteiger partial charge in [0, 0.05) is 19.3 Å². The SMILES string of the molecule is CC/C=C\C/C=C\C/C=C\C/C=C\CCCCCCC(=O)OCC(COC(=O)CCCCCCC/C=C\CCCCCCC)OC(=O)CCCCCCC/C=C\C/C=C\C/C=C\CC. The van der Waals surface area contributed by atoms with Crippen molar-refractivity contribution in [1.29, 1.82) is 0 Å². The molecule has 0 radical (unpaired) electrons. The minimum atomic E-state index is -0.801. The molecule has 0 fully saturated rings. The lowest BCUT2D eigenvalue weighted by Crippen LogP contribution is -2.30. The molecular formula is C58H96O6. The predicted molar refractivity (Wildman–Crippen MR) is 274 cm³/mol. The zero-order valence-electron chi connectivity index (χ0n) is 41.5. The molecule has 0 heterocycles. The van der Waals surface area contributed by atoms with Gasteiger partial charge in [-0.3, -0.25) is 14.4 Å². The van der Waals surface area contributed by atoms with E-state index in [1.54, 1.807) is 0 Å². The number of carbonyl (C=O) groups is 3. The van der Waals surface area contributed by atoms with Gasteiger partial charge >= 0.3 is 17.9 Å². The van der Waals surface area contributed by atoms with Crippen molar-refractivity contribution < 1.29 is 28.6 Å². The van der Waals surface area contributed by atoms with Crippen LogP contribution in [0.25, 0.3) is 0 Å². The molecule has 364 valence electrons. The van der Waals surface area contributed by atoms with Gasteiger partial charge in [-0.2, -0.15) is 0 Å². The smallest absolute Gasteiger partial charge is 0.306 e. The number of unbranched alkanes of at least 4 members (excludes halogenated alkanes) is 19. The van der Waals surface area contributed by atoms with Crippen molar-refractivity contribution in [2.75, 3.05) is 13.2 Å². The molecule has 0 aliphatic rings. The van der Waals surface area contributed by atoms with E-state index in [4.69, 9.17) is 14.2 Å². The number of allylic oxidation sites excluding steroid dienone is 16. The fourth-order valence-electron chi connectivity index (χ4n) is 6.91. The Labute approximate surface area is 394 Å². The standard InChI is InChI=1S/C58H96O6/c1-4-7-10-13-16-19-22-25-28-29-31-33-36-39-42-45-48-51-57(60)63-54-55(53-62-56(59)50-47-44-41-38-35-32-27-24-21-18-15-12-9-6-3)64-58(61)52-49-46-43-40-37-34-30-26-23-20-17-14-11-8-5-2/h7-8,10-11,16-17,19-20,24-28,30-31,33,55H,4-6,9,12-15,18,21-23,29,32,34-54H2,1-3H3/b10-7-,11-8-,19-16-,20-17-,27-24-,28-25-,30-26-,33-31-. The summed E-state index contributed by atoms with van der Waals surface area (Å²) in [5.74, 6) is -0.950. The van der Waals surface area contributed by atoms with E-state index in [0.717, 1.165) is 141 Å². The normalized spacial score (nSPS) is 12.9. The molecule has 0 spiro atoms. The molecule has 0 saturated carbocycles. The summed E-state index contributed by atoms with van der Waals surface area (Å²) < 4.78 is 16.8. The van der Waals surface area contributed by atoms with Crippen LogP contribution in [-0.2, 0) is 28.6 Å². The first-order valence-corrected chi connectivity index (χ1v) is 26.2. The summed E-state index contributed by atoms with van der Waals surface area (Å²) in [5, 5.41) is 0. The van der Waals surface area contributed by atoms with Gasteiger partial charge in [-0.1, -0.05) is 195 Å². The van der Waals surface area contributed by atoms with Gasteiger partial charge in [0.15, 0.2) is 6.10 Å². The summed E-state index contributed by atoms with van der Waals surface area (Å²) in [4.78, 5) is 38.0. The Hall–Kier alpha value is -3.67. The van der Waals surface area contributed by atoms with E-state index in [9.17, 15) is 14.4 Å². The van der Waals surface area contributed by atoms with E-state index in [1.807, 2.05) is 0 Å². The molecule has 0 amide bonds. The van der Waals surface area contributed by atoms with Crippen molar-refractivity contribution in [3.8, 4) is 0 Å². The summed E-state index contributed by atoms with van der Waals surface area (Å²) >= 11 is 0. The first kappa shape index (κ1) is 60.3. The van der Waals surface area contributed by atoms with Crippen molar-refractivity contribution in [1.82, 2.24) is 0 Å².